The number of nitrogens with zero attached hydrogens (tertiary/aromatic N) is 4. The molecule has 0 unspecified atom stereocenters. The van der Waals surface area contributed by atoms with Gasteiger partial charge in [-0.2, -0.15) is 0 Å². The molecule has 2 amide bonds. The van der Waals surface area contributed by atoms with Crippen molar-refractivity contribution in [1.29, 1.82) is 0 Å². The zero-order valence-corrected chi connectivity index (χ0v) is 19.9. The lowest BCUT2D eigenvalue weighted by Crippen LogP contribution is -2.50. The molecule has 3 aliphatic rings. The van der Waals surface area contributed by atoms with Crippen LogP contribution in [0, 0.1) is 5.92 Å². The van der Waals surface area contributed by atoms with Crippen molar-refractivity contribution in [3.63, 3.8) is 0 Å². The van der Waals surface area contributed by atoms with Gasteiger partial charge in [-0.05, 0) is 68.7 Å². The Balaban J connectivity index is 1.21. The van der Waals surface area contributed by atoms with Crippen LogP contribution in [0.3, 0.4) is 0 Å². The lowest BCUT2D eigenvalue weighted by Gasteiger charge is -2.38. The van der Waals surface area contributed by atoms with Crippen molar-refractivity contribution in [2.24, 2.45) is 5.92 Å². The molecule has 3 heterocycles. The molecule has 33 heavy (non-hydrogen) atoms. The number of hydrogen-bond acceptors (Lipinski definition) is 4. The standard InChI is InChI=1S/C26H31ClN4O2/c1-28-10-8-19(9-11-28)17-29-12-14-30(15-13-29)25(32)20-4-2-6-22(16-20)31-18-21-5-3-7-23(27)24(21)26(31)33/h2-7,16,19H,8-15,17-18H2,1H3. The van der Waals surface area contributed by atoms with E-state index in [1.165, 1.54) is 25.9 Å². The van der Waals surface area contributed by atoms with Gasteiger partial charge in [0.25, 0.3) is 11.8 Å². The van der Waals surface area contributed by atoms with Gasteiger partial charge in [0.05, 0.1) is 17.1 Å². The van der Waals surface area contributed by atoms with Gasteiger partial charge >= 0.3 is 0 Å². The Bertz CT molecular complexity index is 1040. The molecule has 0 spiro atoms. The molecule has 2 fully saturated rings. The number of amides is 2. The summed E-state index contributed by atoms with van der Waals surface area (Å²) >= 11 is 6.27. The second-order valence-electron chi connectivity index (χ2n) is 9.56. The number of likely N-dealkylation sites (tertiary alicyclic amines) is 1. The van der Waals surface area contributed by atoms with Gasteiger partial charge in [0, 0.05) is 44.0 Å². The first-order valence-corrected chi connectivity index (χ1v) is 12.3. The Morgan fingerprint density at radius 3 is 2.45 bits per heavy atom. The minimum absolute atomic E-state index is 0.0398. The van der Waals surface area contributed by atoms with Gasteiger partial charge < -0.3 is 14.7 Å². The van der Waals surface area contributed by atoms with Crippen molar-refractivity contribution in [1.82, 2.24) is 14.7 Å². The lowest BCUT2D eigenvalue weighted by atomic mass is 9.96. The van der Waals surface area contributed by atoms with Crippen LogP contribution >= 0.6 is 11.6 Å². The zero-order valence-electron chi connectivity index (χ0n) is 19.2. The number of carbonyl (C=O) groups is 2. The van der Waals surface area contributed by atoms with Crippen molar-refractivity contribution < 1.29 is 9.59 Å². The Labute approximate surface area is 200 Å². The molecule has 0 atom stereocenters. The van der Waals surface area contributed by atoms with Gasteiger partial charge in [-0.1, -0.05) is 29.8 Å². The number of benzene rings is 2. The number of rotatable bonds is 4. The summed E-state index contributed by atoms with van der Waals surface area (Å²) in [5.41, 5.74) is 2.85. The zero-order chi connectivity index (χ0) is 22.9. The van der Waals surface area contributed by atoms with Gasteiger partial charge in [0.1, 0.15) is 0 Å². The highest BCUT2D eigenvalue weighted by Crippen LogP contribution is 2.33. The number of hydrogen-bond donors (Lipinski definition) is 0. The highest BCUT2D eigenvalue weighted by molar-refractivity contribution is 6.35. The van der Waals surface area contributed by atoms with E-state index >= 15 is 0 Å². The molecule has 0 aliphatic carbocycles. The fraction of sp³-hybridized carbons (Fsp3) is 0.462. The van der Waals surface area contributed by atoms with Crippen LogP contribution in [-0.4, -0.2) is 79.4 Å². The van der Waals surface area contributed by atoms with Crippen molar-refractivity contribution >= 4 is 29.1 Å². The van der Waals surface area contributed by atoms with Gasteiger partial charge in [-0.3, -0.25) is 14.5 Å². The molecule has 0 N–H and O–H groups in total. The average molecular weight is 467 g/mol. The molecule has 0 radical (unpaired) electrons. The predicted octanol–water partition coefficient (Wildman–Crippen LogP) is 3.60. The highest BCUT2D eigenvalue weighted by atomic mass is 35.5. The molecule has 2 aromatic rings. The van der Waals surface area contributed by atoms with Crippen LogP contribution in [0.1, 0.15) is 39.1 Å². The summed E-state index contributed by atoms with van der Waals surface area (Å²) in [6.07, 6.45) is 2.54. The van der Waals surface area contributed by atoms with Crippen LogP contribution < -0.4 is 4.90 Å². The molecule has 6 nitrogen and oxygen atoms in total. The Morgan fingerprint density at radius 1 is 1.00 bits per heavy atom. The van der Waals surface area contributed by atoms with E-state index in [2.05, 4.69) is 16.8 Å². The summed E-state index contributed by atoms with van der Waals surface area (Å²) in [5, 5.41) is 0.477. The second kappa shape index (κ2) is 9.45. The fourth-order valence-electron chi connectivity index (χ4n) is 5.26. The molecule has 0 aromatic heterocycles. The first-order chi connectivity index (χ1) is 16.0. The summed E-state index contributed by atoms with van der Waals surface area (Å²) in [6, 6.07) is 13.0. The minimum atomic E-state index is -0.109. The lowest BCUT2D eigenvalue weighted by molar-refractivity contribution is 0.0594. The van der Waals surface area contributed by atoms with Gasteiger partial charge in [0.15, 0.2) is 0 Å². The van der Waals surface area contributed by atoms with Gasteiger partial charge in [-0.25, -0.2) is 0 Å². The van der Waals surface area contributed by atoms with Crippen LogP contribution in [0.15, 0.2) is 42.5 Å². The molecule has 3 aliphatic heterocycles. The largest absolute Gasteiger partial charge is 0.336 e. The molecule has 7 heteroatoms. The van der Waals surface area contributed by atoms with Crippen LogP contribution in [0.4, 0.5) is 5.69 Å². The number of halogens is 1. The molecule has 5 rings (SSSR count). The Hall–Kier alpha value is -2.41. The summed E-state index contributed by atoms with van der Waals surface area (Å²) in [6.45, 7) is 7.35. The summed E-state index contributed by atoms with van der Waals surface area (Å²) < 4.78 is 0. The summed E-state index contributed by atoms with van der Waals surface area (Å²) in [5.74, 6) is 0.705. The summed E-state index contributed by atoms with van der Waals surface area (Å²) in [7, 11) is 2.20. The van der Waals surface area contributed by atoms with Crippen LogP contribution in [0.5, 0.6) is 0 Å². The number of piperidine rings is 1. The van der Waals surface area contributed by atoms with Crippen molar-refractivity contribution in [2.45, 2.75) is 19.4 Å². The highest BCUT2D eigenvalue weighted by Gasteiger charge is 2.31. The SMILES string of the molecule is CN1CCC(CN2CCN(C(=O)c3cccc(N4Cc5cccc(Cl)c5C4=O)c3)CC2)CC1. The van der Waals surface area contributed by atoms with Crippen LogP contribution in [-0.2, 0) is 6.54 Å². The smallest absolute Gasteiger partial charge is 0.260 e. The van der Waals surface area contributed by atoms with Crippen molar-refractivity contribution in [2.75, 3.05) is 57.8 Å². The topological polar surface area (TPSA) is 47.1 Å². The predicted molar refractivity (Wildman–Crippen MR) is 131 cm³/mol. The Kier molecular flexibility index (Phi) is 6.41. The number of fused-ring (bicyclic) bond motifs is 1. The van der Waals surface area contributed by atoms with E-state index in [1.807, 2.05) is 41.3 Å². The molecule has 0 bridgehead atoms. The third-order valence-corrected chi connectivity index (χ3v) is 7.62. The second-order valence-corrected chi connectivity index (χ2v) is 9.96. The quantitative estimate of drug-likeness (QED) is 0.690. The summed E-state index contributed by atoms with van der Waals surface area (Å²) in [4.78, 5) is 34.8. The molecule has 2 saturated heterocycles. The van der Waals surface area contributed by atoms with Crippen LogP contribution in [0.25, 0.3) is 0 Å². The molecule has 174 valence electrons. The normalized spacial score (nSPS) is 20.4. The van der Waals surface area contributed by atoms with Gasteiger partial charge in [-0.15, -0.1) is 0 Å². The van der Waals surface area contributed by atoms with Crippen LogP contribution in [0.2, 0.25) is 5.02 Å². The third-order valence-electron chi connectivity index (χ3n) is 7.31. The van der Waals surface area contributed by atoms with E-state index in [-0.39, 0.29) is 11.8 Å². The maximum Gasteiger partial charge on any atom is 0.260 e. The van der Waals surface area contributed by atoms with E-state index < -0.39 is 0 Å². The molecule has 2 aromatic carbocycles. The molecular formula is C26H31ClN4O2. The number of anilines is 1. The maximum absolute atomic E-state index is 13.2. The average Bonchev–Trinajstić information content (AvgIpc) is 3.18. The first kappa shape index (κ1) is 22.4. The number of carbonyl (C=O) groups excluding carboxylic acids is 2. The first-order valence-electron chi connectivity index (χ1n) is 11.9. The van der Waals surface area contributed by atoms with E-state index in [4.69, 9.17) is 11.6 Å². The third kappa shape index (κ3) is 4.65. The molecular weight excluding hydrogens is 436 g/mol. The van der Waals surface area contributed by atoms with Crippen molar-refractivity contribution in [3.8, 4) is 0 Å². The van der Waals surface area contributed by atoms with E-state index in [0.29, 0.717) is 22.7 Å². The van der Waals surface area contributed by atoms with Crippen molar-refractivity contribution in [3.05, 3.63) is 64.2 Å². The maximum atomic E-state index is 13.2. The Morgan fingerprint density at radius 2 is 1.73 bits per heavy atom. The van der Waals surface area contributed by atoms with E-state index in [9.17, 15) is 9.59 Å². The minimum Gasteiger partial charge on any atom is -0.336 e. The fourth-order valence-corrected chi connectivity index (χ4v) is 5.53. The van der Waals surface area contributed by atoms with E-state index in [1.54, 1.807) is 11.0 Å². The van der Waals surface area contributed by atoms with Gasteiger partial charge in [0.2, 0.25) is 0 Å². The number of piperazine rings is 1. The molecule has 0 saturated carbocycles. The van der Waals surface area contributed by atoms with E-state index in [0.717, 1.165) is 49.9 Å². The monoisotopic (exact) mass is 466 g/mol.